The molecule has 1 heterocycles. The number of amides is 2. The Morgan fingerprint density at radius 2 is 2.03 bits per heavy atom. The molecular formula is C21H20BrN3O4S. The minimum atomic E-state index is -0.311. The van der Waals surface area contributed by atoms with Gasteiger partial charge in [0.15, 0.2) is 23.3 Å². The molecule has 1 saturated heterocycles. The molecule has 1 aliphatic heterocycles. The molecule has 0 atom stereocenters. The summed E-state index contributed by atoms with van der Waals surface area (Å²) in [4.78, 5) is 24.4. The number of nitrogens with one attached hydrogen (secondary N) is 3. The van der Waals surface area contributed by atoms with Crippen molar-refractivity contribution in [1.29, 1.82) is 5.41 Å². The lowest BCUT2D eigenvalue weighted by Crippen LogP contribution is -2.28. The molecule has 0 radical (unpaired) electrons. The summed E-state index contributed by atoms with van der Waals surface area (Å²) in [7, 11) is 0. The number of halogens is 1. The number of amidine groups is 1. The van der Waals surface area contributed by atoms with Crippen LogP contribution in [0.15, 0.2) is 51.8 Å². The van der Waals surface area contributed by atoms with Gasteiger partial charge in [0, 0.05) is 6.54 Å². The fourth-order valence-electron chi connectivity index (χ4n) is 2.65. The molecule has 3 N–H and O–H groups in total. The van der Waals surface area contributed by atoms with Crippen molar-refractivity contribution in [3.05, 3.63) is 63.0 Å². The van der Waals surface area contributed by atoms with Crippen LogP contribution in [0.2, 0.25) is 0 Å². The Hall–Kier alpha value is -2.78. The number of benzene rings is 2. The smallest absolute Gasteiger partial charge is 0.264 e. The van der Waals surface area contributed by atoms with Crippen LogP contribution in [0.3, 0.4) is 0 Å². The third-order valence-electron chi connectivity index (χ3n) is 3.97. The van der Waals surface area contributed by atoms with Crippen molar-refractivity contribution < 1.29 is 19.1 Å². The molecule has 0 unspecified atom stereocenters. The highest BCUT2D eigenvalue weighted by Crippen LogP contribution is 2.38. The number of hydrogen-bond donors (Lipinski definition) is 3. The molecule has 156 valence electrons. The lowest BCUT2D eigenvalue weighted by atomic mass is 10.2. The zero-order valence-electron chi connectivity index (χ0n) is 16.2. The largest absolute Gasteiger partial charge is 0.490 e. The van der Waals surface area contributed by atoms with E-state index >= 15 is 0 Å². The summed E-state index contributed by atoms with van der Waals surface area (Å²) in [6.45, 7) is 2.50. The monoisotopic (exact) mass is 489 g/mol. The summed E-state index contributed by atoms with van der Waals surface area (Å²) in [5.74, 6) is 0.296. The molecule has 1 aliphatic rings. The number of carbonyl (C=O) groups is 2. The summed E-state index contributed by atoms with van der Waals surface area (Å²) >= 11 is 4.51. The second-order valence-corrected chi connectivity index (χ2v) is 8.11. The van der Waals surface area contributed by atoms with E-state index in [0.29, 0.717) is 39.6 Å². The van der Waals surface area contributed by atoms with Gasteiger partial charge in [0.25, 0.3) is 11.8 Å². The van der Waals surface area contributed by atoms with Crippen molar-refractivity contribution in [2.45, 2.75) is 13.5 Å². The third kappa shape index (κ3) is 5.87. The van der Waals surface area contributed by atoms with Crippen LogP contribution in [0.1, 0.15) is 18.1 Å². The van der Waals surface area contributed by atoms with E-state index in [4.69, 9.17) is 14.9 Å². The van der Waals surface area contributed by atoms with Crippen molar-refractivity contribution in [2.75, 3.05) is 13.2 Å². The molecule has 0 spiro atoms. The van der Waals surface area contributed by atoms with E-state index in [-0.39, 0.29) is 23.6 Å². The van der Waals surface area contributed by atoms with Gasteiger partial charge < -0.3 is 20.1 Å². The van der Waals surface area contributed by atoms with Crippen LogP contribution in [-0.4, -0.2) is 30.2 Å². The van der Waals surface area contributed by atoms with Crippen LogP contribution in [0.25, 0.3) is 6.08 Å². The average molecular weight is 490 g/mol. The van der Waals surface area contributed by atoms with Gasteiger partial charge in [-0.3, -0.25) is 15.0 Å². The zero-order valence-corrected chi connectivity index (χ0v) is 18.6. The van der Waals surface area contributed by atoms with Crippen LogP contribution >= 0.6 is 27.7 Å². The van der Waals surface area contributed by atoms with Gasteiger partial charge in [0.1, 0.15) is 0 Å². The van der Waals surface area contributed by atoms with Crippen molar-refractivity contribution in [3.63, 3.8) is 0 Å². The normalized spacial score (nSPS) is 14.5. The summed E-state index contributed by atoms with van der Waals surface area (Å²) in [5, 5.41) is 12.9. The maximum Gasteiger partial charge on any atom is 0.264 e. The molecule has 9 heteroatoms. The van der Waals surface area contributed by atoms with Crippen LogP contribution in [0, 0.1) is 5.41 Å². The molecule has 2 aromatic rings. The van der Waals surface area contributed by atoms with Crippen molar-refractivity contribution in [2.24, 2.45) is 0 Å². The Morgan fingerprint density at radius 1 is 1.27 bits per heavy atom. The van der Waals surface area contributed by atoms with Gasteiger partial charge >= 0.3 is 0 Å². The fourth-order valence-corrected chi connectivity index (χ4v) is 3.93. The van der Waals surface area contributed by atoms with E-state index in [1.807, 2.05) is 37.3 Å². The molecule has 1 fully saturated rings. The summed E-state index contributed by atoms with van der Waals surface area (Å²) in [6.07, 6.45) is 1.67. The molecule has 30 heavy (non-hydrogen) atoms. The highest BCUT2D eigenvalue weighted by atomic mass is 79.9. The summed E-state index contributed by atoms with van der Waals surface area (Å²) < 4.78 is 12.0. The highest BCUT2D eigenvalue weighted by Gasteiger charge is 2.23. The van der Waals surface area contributed by atoms with E-state index in [2.05, 4.69) is 26.6 Å². The predicted molar refractivity (Wildman–Crippen MR) is 121 cm³/mol. The topological polar surface area (TPSA) is 101 Å². The number of thioether (sulfide) groups is 1. The number of ether oxygens (including phenoxy) is 2. The molecule has 0 saturated carbocycles. The SMILES string of the molecule is CCOc1cc(/C=C2/SC(=N)NC2=O)cc(Br)c1OCC(=O)NCc1ccccc1. The molecular weight excluding hydrogens is 470 g/mol. The Kier molecular flexibility index (Phi) is 7.53. The molecule has 0 aliphatic carbocycles. The van der Waals surface area contributed by atoms with E-state index in [1.54, 1.807) is 18.2 Å². The van der Waals surface area contributed by atoms with Gasteiger partial charge in [0.2, 0.25) is 0 Å². The third-order valence-corrected chi connectivity index (χ3v) is 5.39. The summed E-state index contributed by atoms with van der Waals surface area (Å²) in [5.41, 5.74) is 1.71. The van der Waals surface area contributed by atoms with Gasteiger partial charge in [-0.1, -0.05) is 30.3 Å². The van der Waals surface area contributed by atoms with E-state index in [1.165, 1.54) is 0 Å². The van der Waals surface area contributed by atoms with Gasteiger partial charge in [0.05, 0.1) is 16.0 Å². The second-order valence-electron chi connectivity index (χ2n) is 6.21. The molecule has 0 bridgehead atoms. The fraction of sp³-hybridized carbons (Fsp3) is 0.190. The van der Waals surface area contributed by atoms with E-state index < -0.39 is 0 Å². The van der Waals surface area contributed by atoms with E-state index in [9.17, 15) is 9.59 Å². The number of rotatable bonds is 8. The quantitative estimate of drug-likeness (QED) is 0.491. The predicted octanol–water partition coefficient (Wildman–Crippen LogP) is 3.68. The van der Waals surface area contributed by atoms with E-state index in [0.717, 1.165) is 17.3 Å². The van der Waals surface area contributed by atoms with Crippen molar-refractivity contribution in [3.8, 4) is 11.5 Å². The second kappa shape index (κ2) is 10.3. The first kappa shape index (κ1) is 21.9. The van der Waals surface area contributed by atoms with Gasteiger partial charge in [-0.15, -0.1) is 0 Å². The Morgan fingerprint density at radius 3 is 2.70 bits per heavy atom. The molecule has 0 aromatic heterocycles. The first-order valence-electron chi connectivity index (χ1n) is 9.15. The minimum absolute atomic E-state index is 0.0943. The zero-order chi connectivity index (χ0) is 21.5. The average Bonchev–Trinajstić information content (AvgIpc) is 3.03. The summed E-state index contributed by atoms with van der Waals surface area (Å²) in [6, 6.07) is 13.1. The van der Waals surface area contributed by atoms with Crippen molar-refractivity contribution in [1.82, 2.24) is 10.6 Å². The molecule has 2 aromatic carbocycles. The van der Waals surface area contributed by atoms with Crippen LogP contribution in [0.5, 0.6) is 11.5 Å². The van der Waals surface area contributed by atoms with Crippen LogP contribution in [-0.2, 0) is 16.1 Å². The first-order chi connectivity index (χ1) is 14.5. The molecule has 7 nitrogen and oxygen atoms in total. The first-order valence-corrected chi connectivity index (χ1v) is 10.8. The van der Waals surface area contributed by atoms with Crippen molar-refractivity contribution >= 4 is 50.7 Å². The van der Waals surface area contributed by atoms with Gasteiger partial charge in [-0.05, 0) is 64.0 Å². The molecule has 2 amide bonds. The number of carbonyl (C=O) groups excluding carboxylic acids is 2. The lowest BCUT2D eigenvalue weighted by Gasteiger charge is -2.15. The Labute approximate surface area is 186 Å². The number of hydrogen-bond acceptors (Lipinski definition) is 6. The van der Waals surface area contributed by atoms with Gasteiger partial charge in [-0.2, -0.15) is 0 Å². The lowest BCUT2D eigenvalue weighted by molar-refractivity contribution is -0.123. The molecule has 3 rings (SSSR count). The Balaban J connectivity index is 1.69. The van der Waals surface area contributed by atoms with Crippen LogP contribution in [0.4, 0.5) is 0 Å². The maximum absolute atomic E-state index is 12.2. The van der Waals surface area contributed by atoms with Crippen LogP contribution < -0.4 is 20.1 Å². The van der Waals surface area contributed by atoms with Gasteiger partial charge in [-0.25, -0.2) is 0 Å². The minimum Gasteiger partial charge on any atom is -0.490 e. The standard InChI is InChI=1S/C21H20BrN3O4S/c1-2-28-16-9-14(10-17-20(27)25-21(23)30-17)8-15(22)19(16)29-12-18(26)24-11-13-6-4-3-5-7-13/h3-10H,2,11-12H2,1H3,(H,24,26)(H2,23,25,27)/b17-10+. The Bertz CT molecular complexity index is 995. The highest BCUT2D eigenvalue weighted by molar-refractivity contribution is 9.10. The maximum atomic E-state index is 12.2.